The van der Waals surface area contributed by atoms with Crippen LogP contribution in [0.15, 0.2) is 24.3 Å². The number of carbonyl (C=O) groups is 3. The van der Waals surface area contributed by atoms with E-state index in [9.17, 15) is 14.4 Å². The van der Waals surface area contributed by atoms with Gasteiger partial charge in [-0.25, -0.2) is 4.79 Å². The quantitative estimate of drug-likeness (QED) is 0.653. The highest BCUT2D eigenvalue weighted by Gasteiger charge is 2.17. The van der Waals surface area contributed by atoms with Gasteiger partial charge in [-0.2, -0.15) is 0 Å². The number of amides is 2. The van der Waals surface area contributed by atoms with Gasteiger partial charge in [0.1, 0.15) is 5.75 Å². The lowest BCUT2D eigenvalue weighted by Gasteiger charge is -2.18. The highest BCUT2D eigenvalue weighted by Crippen LogP contribution is 2.28. The lowest BCUT2D eigenvalue weighted by atomic mass is 10.0. The van der Waals surface area contributed by atoms with E-state index < -0.39 is 12.6 Å². The molecule has 0 atom stereocenters. The number of hydrogen-bond acceptors (Lipinski definition) is 4. The predicted octanol–water partition coefficient (Wildman–Crippen LogP) is 2.19. The van der Waals surface area contributed by atoms with Crippen molar-refractivity contribution in [1.29, 1.82) is 0 Å². The Kier molecular flexibility index (Phi) is 8.10. The molecule has 148 valence electrons. The summed E-state index contributed by atoms with van der Waals surface area (Å²) >= 11 is 0. The zero-order valence-electron chi connectivity index (χ0n) is 15.8. The molecular weight excluding hydrogens is 348 g/mol. The van der Waals surface area contributed by atoms with Crippen molar-refractivity contribution in [3.8, 4) is 5.75 Å². The van der Waals surface area contributed by atoms with Crippen LogP contribution >= 0.6 is 0 Å². The van der Waals surface area contributed by atoms with Crippen LogP contribution < -0.4 is 10.1 Å². The monoisotopic (exact) mass is 376 g/mol. The molecule has 0 spiro atoms. The van der Waals surface area contributed by atoms with Crippen molar-refractivity contribution >= 4 is 17.8 Å². The molecule has 1 aromatic rings. The van der Waals surface area contributed by atoms with Crippen LogP contribution in [0.1, 0.15) is 44.1 Å². The van der Waals surface area contributed by atoms with Gasteiger partial charge in [0.25, 0.3) is 0 Å². The number of carboxylic acids is 1. The second kappa shape index (κ2) is 10.5. The molecule has 7 heteroatoms. The van der Waals surface area contributed by atoms with Crippen molar-refractivity contribution in [1.82, 2.24) is 10.2 Å². The molecule has 1 aromatic carbocycles. The molecule has 0 heterocycles. The summed E-state index contributed by atoms with van der Waals surface area (Å²) in [6.45, 7) is 0.00791. The molecule has 0 aliphatic heterocycles. The summed E-state index contributed by atoms with van der Waals surface area (Å²) in [4.78, 5) is 36.1. The first kappa shape index (κ1) is 20.7. The minimum atomic E-state index is -1.03. The van der Waals surface area contributed by atoms with Gasteiger partial charge in [-0.1, -0.05) is 37.8 Å². The van der Waals surface area contributed by atoms with Crippen LogP contribution in [0.25, 0.3) is 0 Å². The van der Waals surface area contributed by atoms with Crippen LogP contribution in [0.4, 0.5) is 0 Å². The summed E-state index contributed by atoms with van der Waals surface area (Å²) in [7, 11) is 1.68. The number of likely N-dealkylation sites (N-methyl/N-ethyl adjacent to an activating group) is 1. The van der Waals surface area contributed by atoms with Gasteiger partial charge in [0, 0.05) is 20.0 Å². The Morgan fingerprint density at radius 2 is 1.85 bits per heavy atom. The third-order valence-electron chi connectivity index (χ3n) is 4.82. The lowest BCUT2D eigenvalue weighted by molar-refractivity contribution is -0.139. The zero-order chi connectivity index (χ0) is 19.6. The number of nitrogens with zero attached hydrogens (tertiary/aromatic N) is 1. The molecule has 0 bridgehead atoms. The van der Waals surface area contributed by atoms with E-state index in [2.05, 4.69) is 5.32 Å². The van der Waals surface area contributed by atoms with Gasteiger partial charge in [0.15, 0.2) is 6.61 Å². The molecule has 1 saturated carbocycles. The van der Waals surface area contributed by atoms with Crippen LogP contribution in [0, 0.1) is 5.92 Å². The molecule has 2 amide bonds. The van der Waals surface area contributed by atoms with E-state index in [0.29, 0.717) is 24.6 Å². The van der Waals surface area contributed by atoms with Crippen LogP contribution in [0.3, 0.4) is 0 Å². The summed E-state index contributed by atoms with van der Waals surface area (Å²) in [5.74, 6) is -0.130. The van der Waals surface area contributed by atoms with Crippen LogP contribution in [0.5, 0.6) is 5.75 Å². The SMILES string of the molecule is CN(Cc1ccc(OCC(=O)O)cc1)C(=O)CNC(=O)CCC1CCCC1. The van der Waals surface area contributed by atoms with Crippen molar-refractivity contribution < 1.29 is 24.2 Å². The third kappa shape index (κ3) is 7.68. The molecule has 2 N–H and O–H groups in total. The summed E-state index contributed by atoms with van der Waals surface area (Å²) in [6.07, 6.45) is 6.36. The maximum absolute atomic E-state index is 12.2. The molecule has 7 nitrogen and oxygen atoms in total. The van der Waals surface area contributed by atoms with E-state index in [4.69, 9.17) is 9.84 Å². The second-order valence-corrected chi connectivity index (χ2v) is 7.04. The van der Waals surface area contributed by atoms with E-state index in [0.717, 1.165) is 12.0 Å². The Labute approximate surface area is 159 Å². The maximum atomic E-state index is 12.2. The van der Waals surface area contributed by atoms with E-state index in [1.165, 1.54) is 25.7 Å². The number of hydrogen-bond donors (Lipinski definition) is 2. The average Bonchev–Trinajstić information content (AvgIpc) is 3.17. The normalized spacial score (nSPS) is 14.0. The Morgan fingerprint density at radius 3 is 2.48 bits per heavy atom. The number of benzene rings is 1. The first-order valence-electron chi connectivity index (χ1n) is 9.38. The molecular formula is C20H28N2O5. The standard InChI is InChI=1S/C20H28N2O5/c1-22(13-16-6-9-17(10-7-16)27-14-20(25)26)19(24)12-21-18(23)11-8-15-4-2-3-5-15/h6-7,9-10,15H,2-5,8,11-14H2,1H3,(H,21,23)(H,25,26). The minimum Gasteiger partial charge on any atom is -0.482 e. The summed E-state index contributed by atoms with van der Waals surface area (Å²) < 4.78 is 5.07. The highest BCUT2D eigenvalue weighted by atomic mass is 16.5. The molecule has 1 aliphatic rings. The van der Waals surface area contributed by atoms with Crippen molar-refractivity contribution in [2.45, 2.75) is 45.1 Å². The first-order chi connectivity index (χ1) is 12.9. The molecule has 0 unspecified atom stereocenters. The zero-order valence-corrected chi connectivity index (χ0v) is 15.8. The topological polar surface area (TPSA) is 95.9 Å². The van der Waals surface area contributed by atoms with Gasteiger partial charge in [-0.15, -0.1) is 0 Å². The fourth-order valence-electron chi connectivity index (χ4n) is 3.23. The number of carbonyl (C=O) groups excluding carboxylic acids is 2. The highest BCUT2D eigenvalue weighted by molar-refractivity contribution is 5.84. The summed E-state index contributed by atoms with van der Waals surface area (Å²) in [5.41, 5.74) is 0.890. The van der Waals surface area contributed by atoms with Crippen molar-refractivity contribution in [3.63, 3.8) is 0 Å². The van der Waals surface area contributed by atoms with Crippen LogP contribution in [-0.4, -0.2) is 48.0 Å². The lowest BCUT2D eigenvalue weighted by Crippen LogP contribution is -2.37. The maximum Gasteiger partial charge on any atom is 0.341 e. The van der Waals surface area contributed by atoms with Crippen molar-refractivity contribution in [2.75, 3.05) is 20.2 Å². The van der Waals surface area contributed by atoms with Gasteiger partial charge in [0.2, 0.25) is 11.8 Å². The second-order valence-electron chi connectivity index (χ2n) is 7.04. The molecule has 0 saturated heterocycles. The Bertz CT molecular complexity index is 638. The molecule has 0 radical (unpaired) electrons. The third-order valence-corrected chi connectivity index (χ3v) is 4.82. The molecule has 27 heavy (non-hydrogen) atoms. The fraction of sp³-hybridized carbons (Fsp3) is 0.550. The van der Waals surface area contributed by atoms with Crippen LogP contribution in [-0.2, 0) is 20.9 Å². The van der Waals surface area contributed by atoms with Crippen molar-refractivity contribution in [2.24, 2.45) is 5.92 Å². The number of carboxylic acid groups (broad SMARTS) is 1. The Morgan fingerprint density at radius 1 is 1.19 bits per heavy atom. The number of nitrogens with one attached hydrogen (secondary N) is 1. The molecule has 1 aliphatic carbocycles. The predicted molar refractivity (Wildman–Crippen MR) is 100 cm³/mol. The van der Waals surface area contributed by atoms with Gasteiger partial charge in [0.05, 0.1) is 6.54 Å². The first-order valence-corrected chi connectivity index (χ1v) is 9.38. The van der Waals surface area contributed by atoms with Gasteiger partial charge in [-0.05, 0) is 30.0 Å². The smallest absolute Gasteiger partial charge is 0.341 e. The number of aliphatic carboxylic acids is 1. The molecule has 2 rings (SSSR count). The van der Waals surface area contributed by atoms with E-state index >= 15 is 0 Å². The van der Waals surface area contributed by atoms with Gasteiger partial charge in [-0.3, -0.25) is 9.59 Å². The molecule has 0 aromatic heterocycles. The van der Waals surface area contributed by atoms with Crippen LogP contribution in [0.2, 0.25) is 0 Å². The minimum absolute atomic E-state index is 0.000192. The fourth-order valence-corrected chi connectivity index (χ4v) is 3.23. The Balaban J connectivity index is 1.68. The van der Waals surface area contributed by atoms with E-state index in [1.54, 1.807) is 36.2 Å². The average molecular weight is 376 g/mol. The largest absolute Gasteiger partial charge is 0.482 e. The van der Waals surface area contributed by atoms with E-state index in [-0.39, 0.29) is 18.4 Å². The van der Waals surface area contributed by atoms with Gasteiger partial charge < -0.3 is 20.1 Å². The Hall–Kier alpha value is -2.57. The summed E-state index contributed by atoms with van der Waals surface area (Å²) in [6, 6.07) is 6.89. The number of rotatable bonds is 10. The number of ether oxygens (including phenoxy) is 1. The van der Waals surface area contributed by atoms with E-state index in [1.807, 2.05) is 0 Å². The summed E-state index contributed by atoms with van der Waals surface area (Å²) in [5, 5.41) is 11.3. The van der Waals surface area contributed by atoms with Crippen molar-refractivity contribution in [3.05, 3.63) is 29.8 Å². The van der Waals surface area contributed by atoms with Gasteiger partial charge >= 0.3 is 5.97 Å². The molecule has 1 fully saturated rings.